The second-order valence-electron chi connectivity index (χ2n) is 4.23. The van der Waals surface area contributed by atoms with Crippen molar-refractivity contribution in [2.24, 2.45) is 5.73 Å². The van der Waals surface area contributed by atoms with Crippen molar-refractivity contribution < 1.29 is 4.74 Å². The van der Waals surface area contributed by atoms with Gasteiger partial charge in [0, 0.05) is 18.2 Å². The molecule has 1 fully saturated rings. The van der Waals surface area contributed by atoms with E-state index in [1.165, 1.54) is 0 Å². The van der Waals surface area contributed by atoms with E-state index in [4.69, 9.17) is 10.5 Å². The summed E-state index contributed by atoms with van der Waals surface area (Å²) in [7, 11) is 0. The normalized spacial score (nSPS) is 31.7. The van der Waals surface area contributed by atoms with Crippen LogP contribution in [0.1, 0.15) is 37.6 Å². The quantitative estimate of drug-likeness (QED) is 0.860. The number of nitrogens with zero attached hydrogens (tertiary/aromatic N) is 1. The predicted octanol–water partition coefficient (Wildman–Crippen LogP) is 2.28. The van der Waals surface area contributed by atoms with Crippen LogP contribution in [0.5, 0.6) is 0 Å². The Morgan fingerprint density at radius 2 is 2.60 bits per heavy atom. The Morgan fingerprint density at radius 1 is 1.73 bits per heavy atom. The zero-order valence-corrected chi connectivity index (χ0v) is 9.93. The summed E-state index contributed by atoms with van der Waals surface area (Å²) >= 11 is 1.66. The first-order chi connectivity index (χ1) is 7.24. The van der Waals surface area contributed by atoms with Crippen molar-refractivity contribution in [1.29, 1.82) is 0 Å². The molecule has 4 heteroatoms. The molecular formula is C11H18N2OS. The van der Waals surface area contributed by atoms with E-state index < -0.39 is 0 Å². The van der Waals surface area contributed by atoms with Gasteiger partial charge in [-0.2, -0.15) is 0 Å². The maximum absolute atomic E-state index is 6.41. The van der Waals surface area contributed by atoms with Gasteiger partial charge in [0.25, 0.3) is 0 Å². The molecule has 0 aromatic carbocycles. The van der Waals surface area contributed by atoms with Crippen LogP contribution in [-0.4, -0.2) is 17.7 Å². The Bertz CT molecular complexity index is 300. The molecule has 1 aromatic rings. The van der Waals surface area contributed by atoms with Crippen LogP contribution >= 0.6 is 11.3 Å². The van der Waals surface area contributed by atoms with Gasteiger partial charge < -0.3 is 10.5 Å². The standard InChI is InChI=1S/C11H18N2OS/c1-2-3-9-8-11(12,4-6-14-9)10-13-5-7-15-10/h5,7,9H,2-4,6,8,12H2,1H3. The number of aromatic nitrogens is 1. The molecule has 1 aromatic heterocycles. The summed E-state index contributed by atoms with van der Waals surface area (Å²) < 4.78 is 5.71. The summed E-state index contributed by atoms with van der Waals surface area (Å²) in [5.74, 6) is 0. The molecule has 15 heavy (non-hydrogen) atoms. The van der Waals surface area contributed by atoms with Crippen LogP contribution in [0.4, 0.5) is 0 Å². The molecule has 1 aliphatic heterocycles. The topological polar surface area (TPSA) is 48.1 Å². The smallest absolute Gasteiger partial charge is 0.113 e. The third-order valence-corrected chi connectivity index (χ3v) is 3.96. The molecule has 2 N–H and O–H groups in total. The third-order valence-electron chi connectivity index (χ3n) is 2.96. The molecule has 84 valence electrons. The average molecular weight is 226 g/mol. The summed E-state index contributed by atoms with van der Waals surface area (Å²) in [5.41, 5.74) is 6.17. The van der Waals surface area contributed by atoms with E-state index >= 15 is 0 Å². The Kier molecular flexibility index (Phi) is 3.38. The van der Waals surface area contributed by atoms with Crippen molar-refractivity contribution in [3.05, 3.63) is 16.6 Å². The zero-order chi connectivity index (χ0) is 10.7. The van der Waals surface area contributed by atoms with Gasteiger partial charge in [-0.25, -0.2) is 4.98 Å². The first-order valence-electron chi connectivity index (χ1n) is 5.55. The minimum Gasteiger partial charge on any atom is -0.378 e. The number of ether oxygens (including phenoxy) is 1. The summed E-state index contributed by atoms with van der Waals surface area (Å²) in [4.78, 5) is 4.34. The van der Waals surface area contributed by atoms with Crippen molar-refractivity contribution in [3.63, 3.8) is 0 Å². The minimum atomic E-state index is -0.244. The van der Waals surface area contributed by atoms with Gasteiger partial charge in [0.1, 0.15) is 5.01 Å². The van der Waals surface area contributed by atoms with E-state index in [2.05, 4.69) is 11.9 Å². The maximum Gasteiger partial charge on any atom is 0.113 e. The molecule has 2 unspecified atom stereocenters. The van der Waals surface area contributed by atoms with Gasteiger partial charge >= 0.3 is 0 Å². The van der Waals surface area contributed by atoms with Crippen molar-refractivity contribution >= 4 is 11.3 Å². The fraction of sp³-hybridized carbons (Fsp3) is 0.727. The summed E-state index contributed by atoms with van der Waals surface area (Å²) in [6.45, 7) is 2.94. The molecule has 3 nitrogen and oxygen atoms in total. The van der Waals surface area contributed by atoms with Crippen molar-refractivity contribution in [2.75, 3.05) is 6.61 Å². The molecule has 2 heterocycles. The molecule has 0 bridgehead atoms. The lowest BCUT2D eigenvalue weighted by molar-refractivity contribution is -0.0242. The van der Waals surface area contributed by atoms with Gasteiger partial charge in [-0.15, -0.1) is 11.3 Å². The van der Waals surface area contributed by atoms with Gasteiger partial charge in [0.15, 0.2) is 0 Å². The zero-order valence-electron chi connectivity index (χ0n) is 9.11. The fourth-order valence-corrected chi connectivity index (χ4v) is 2.94. The van der Waals surface area contributed by atoms with Crippen LogP contribution in [0.2, 0.25) is 0 Å². The molecule has 0 amide bonds. The minimum absolute atomic E-state index is 0.244. The Balaban J connectivity index is 2.08. The second-order valence-corrected chi connectivity index (χ2v) is 5.12. The van der Waals surface area contributed by atoms with E-state index in [9.17, 15) is 0 Å². The molecule has 0 radical (unpaired) electrons. The lowest BCUT2D eigenvalue weighted by atomic mass is 9.87. The highest BCUT2D eigenvalue weighted by Crippen LogP contribution is 2.34. The molecule has 2 atom stereocenters. The Hall–Kier alpha value is -0.450. The molecule has 0 saturated carbocycles. The number of rotatable bonds is 3. The molecule has 0 spiro atoms. The van der Waals surface area contributed by atoms with E-state index in [-0.39, 0.29) is 5.54 Å². The highest BCUT2D eigenvalue weighted by atomic mass is 32.1. The monoisotopic (exact) mass is 226 g/mol. The summed E-state index contributed by atoms with van der Waals surface area (Å²) in [5, 5.41) is 3.06. The predicted molar refractivity (Wildman–Crippen MR) is 61.9 cm³/mol. The van der Waals surface area contributed by atoms with E-state index in [1.807, 2.05) is 11.6 Å². The van der Waals surface area contributed by atoms with Crippen molar-refractivity contribution in [2.45, 2.75) is 44.2 Å². The van der Waals surface area contributed by atoms with Gasteiger partial charge in [-0.1, -0.05) is 13.3 Å². The van der Waals surface area contributed by atoms with Gasteiger partial charge in [0.2, 0.25) is 0 Å². The lowest BCUT2D eigenvalue weighted by Crippen LogP contribution is -2.45. The maximum atomic E-state index is 6.41. The number of nitrogens with two attached hydrogens (primary N) is 1. The number of thiazole rings is 1. The summed E-state index contributed by atoms with van der Waals surface area (Å²) in [6.07, 6.45) is 6.20. The SMILES string of the molecule is CCCC1CC(N)(c2nccs2)CCO1. The second kappa shape index (κ2) is 4.60. The van der Waals surface area contributed by atoms with E-state index in [0.29, 0.717) is 6.10 Å². The first-order valence-corrected chi connectivity index (χ1v) is 6.43. The van der Waals surface area contributed by atoms with Crippen molar-refractivity contribution in [1.82, 2.24) is 4.98 Å². The molecular weight excluding hydrogens is 208 g/mol. The highest BCUT2D eigenvalue weighted by molar-refractivity contribution is 7.09. The Morgan fingerprint density at radius 3 is 3.27 bits per heavy atom. The number of hydrogen-bond donors (Lipinski definition) is 1. The van der Waals surface area contributed by atoms with Gasteiger partial charge in [-0.3, -0.25) is 0 Å². The van der Waals surface area contributed by atoms with Gasteiger partial charge in [-0.05, 0) is 19.3 Å². The van der Waals surface area contributed by atoms with Crippen LogP contribution in [0.15, 0.2) is 11.6 Å². The molecule has 1 aliphatic rings. The van der Waals surface area contributed by atoms with E-state index in [0.717, 1.165) is 37.3 Å². The van der Waals surface area contributed by atoms with Crippen LogP contribution in [-0.2, 0) is 10.3 Å². The van der Waals surface area contributed by atoms with Gasteiger partial charge in [0.05, 0.1) is 11.6 Å². The lowest BCUT2D eigenvalue weighted by Gasteiger charge is -2.36. The fourth-order valence-electron chi connectivity index (χ4n) is 2.15. The highest BCUT2D eigenvalue weighted by Gasteiger charge is 2.36. The molecule has 1 saturated heterocycles. The average Bonchev–Trinajstić information content (AvgIpc) is 2.71. The Labute approximate surface area is 94.7 Å². The van der Waals surface area contributed by atoms with Crippen LogP contribution in [0, 0.1) is 0 Å². The van der Waals surface area contributed by atoms with E-state index in [1.54, 1.807) is 11.3 Å². The molecule has 0 aliphatic carbocycles. The van der Waals surface area contributed by atoms with Crippen molar-refractivity contribution in [3.8, 4) is 0 Å². The summed E-state index contributed by atoms with van der Waals surface area (Å²) in [6, 6.07) is 0. The number of hydrogen-bond acceptors (Lipinski definition) is 4. The van der Waals surface area contributed by atoms with Crippen LogP contribution in [0.25, 0.3) is 0 Å². The van der Waals surface area contributed by atoms with Crippen LogP contribution < -0.4 is 5.73 Å². The largest absolute Gasteiger partial charge is 0.378 e. The third kappa shape index (κ3) is 2.38. The molecule has 2 rings (SSSR count). The first kappa shape index (κ1) is 11.0. The van der Waals surface area contributed by atoms with Crippen LogP contribution in [0.3, 0.4) is 0 Å².